The molecule has 0 unspecified atom stereocenters. The van der Waals surface area contributed by atoms with Crippen LogP contribution in [0.25, 0.3) is 27.9 Å². The monoisotopic (exact) mass is 313 g/mol. The Balaban J connectivity index is 0.00000144. The largest absolute Gasteiger partial charge is 0.454 e. The van der Waals surface area contributed by atoms with E-state index < -0.39 is 0 Å². The minimum absolute atomic E-state index is 0. The highest BCUT2D eigenvalue weighted by molar-refractivity contribution is 5.85. The molecule has 0 spiro atoms. The van der Waals surface area contributed by atoms with Crippen LogP contribution in [-0.2, 0) is 0 Å². The third-order valence-electron chi connectivity index (χ3n) is 3.43. The van der Waals surface area contributed by atoms with Crippen LogP contribution in [0.15, 0.2) is 70.6 Å². The second kappa shape index (κ2) is 5.54. The summed E-state index contributed by atoms with van der Waals surface area (Å²) in [6.07, 6.45) is 3.66. The van der Waals surface area contributed by atoms with Gasteiger partial charge in [0.25, 0.3) is 0 Å². The van der Waals surface area contributed by atoms with Crippen LogP contribution in [0.1, 0.15) is 0 Å². The van der Waals surface area contributed by atoms with Gasteiger partial charge in [-0.25, -0.2) is 4.98 Å². The SMILES string of the molecule is Cl.ON=c1cc(-c2cc3cccn3cn2)oc2ccccc12. The zero-order valence-electron chi connectivity index (χ0n) is 11.4. The van der Waals surface area contributed by atoms with E-state index in [4.69, 9.17) is 4.42 Å². The molecule has 3 aromatic heterocycles. The van der Waals surface area contributed by atoms with Gasteiger partial charge in [0.05, 0.1) is 6.33 Å². The van der Waals surface area contributed by atoms with Crippen molar-refractivity contribution >= 4 is 28.9 Å². The van der Waals surface area contributed by atoms with Crippen LogP contribution in [0.3, 0.4) is 0 Å². The maximum Gasteiger partial charge on any atom is 0.155 e. The molecule has 1 N–H and O–H groups in total. The number of fused-ring (bicyclic) bond motifs is 2. The number of para-hydroxylation sites is 1. The molecular formula is C16H12ClN3O2. The van der Waals surface area contributed by atoms with Crippen molar-refractivity contribution in [2.75, 3.05) is 0 Å². The molecule has 0 bridgehead atoms. The highest BCUT2D eigenvalue weighted by Gasteiger charge is 2.07. The fourth-order valence-electron chi connectivity index (χ4n) is 2.40. The van der Waals surface area contributed by atoms with E-state index in [2.05, 4.69) is 10.1 Å². The van der Waals surface area contributed by atoms with Crippen molar-refractivity contribution in [2.45, 2.75) is 0 Å². The Morgan fingerprint density at radius 3 is 2.82 bits per heavy atom. The Kier molecular flexibility index (Phi) is 3.56. The maximum atomic E-state index is 9.20. The Hall–Kier alpha value is -2.79. The number of aromatic nitrogens is 2. The van der Waals surface area contributed by atoms with Crippen LogP contribution in [0.2, 0.25) is 0 Å². The summed E-state index contributed by atoms with van der Waals surface area (Å²) < 4.78 is 7.79. The molecule has 0 fully saturated rings. The van der Waals surface area contributed by atoms with Gasteiger partial charge < -0.3 is 14.0 Å². The lowest BCUT2D eigenvalue weighted by atomic mass is 10.2. The Morgan fingerprint density at radius 2 is 1.95 bits per heavy atom. The normalized spacial score (nSPS) is 11.7. The number of halogens is 1. The summed E-state index contributed by atoms with van der Waals surface area (Å²) in [4.78, 5) is 4.38. The van der Waals surface area contributed by atoms with Crippen molar-refractivity contribution in [1.29, 1.82) is 0 Å². The minimum atomic E-state index is 0. The predicted molar refractivity (Wildman–Crippen MR) is 85.0 cm³/mol. The zero-order valence-corrected chi connectivity index (χ0v) is 12.2. The quantitative estimate of drug-likeness (QED) is 0.432. The molecule has 0 saturated carbocycles. The van der Waals surface area contributed by atoms with Gasteiger partial charge in [0.15, 0.2) is 5.76 Å². The summed E-state index contributed by atoms with van der Waals surface area (Å²) in [5.41, 5.74) is 2.36. The van der Waals surface area contributed by atoms with Gasteiger partial charge in [0.2, 0.25) is 0 Å². The number of hydrogen-bond donors (Lipinski definition) is 1. The molecule has 5 nitrogen and oxygen atoms in total. The van der Waals surface area contributed by atoms with Crippen molar-refractivity contribution < 1.29 is 9.62 Å². The highest BCUT2D eigenvalue weighted by atomic mass is 35.5. The van der Waals surface area contributed by atoms with Gasteiger partial charge in [-0.05, 0) is 30.3 Å². The maximum absolute atomic E-state index is 9.20. The molecule has 3 heterocycles. The Morgan fingerprint density at radius 1 is 1.09 bits per heavy atom. The molecule has 0 aliphatic carbocycles. The fraction of sp³-hybridized carbons (Fsp3) is 0. The first-order valence-corrected chi connectivity index (χ1v) is 6.49. The van der Waals surface area contributed by atoms with Crippen LogP contribution >= 0.6 is 12.4 Å². The van der Waals surface area contributed by atoms with Crippen molar-refractivity contribution in [2.24, 2.45) is 5.16 Å². The van der Waals surface area contributed by atoms with E-state index in [-0.39, 0.29) is 12.4 Å². The molecule has 0 radical (unpaired) electrons. The lowest BCUT2D eigenvalue weighted by Gasteiger charge is -2.04. The molecule has 6 heteroatoms. The summed E-state index contributed by atoms with van der Waals surface area (Å²) in [6, 6.07) is 15.0. The first-order chi connectivity index (χ1) is 10.3. The standard InChI is InChI=1S/C16H11N3O2.ClH/c20-18-13-9-16(21-15-6-2-1-5-12(13)15)14-8-11-4-3-7-19(11)10-17-14;/h1-10,20H;1H. The van der Waals surface area contributed by atoms with Crippen LogP contribution in [0, 0.1) is 0 Å². The minimum Gasteiger partial charge on any atom is -0.454 e. The molecule has 4 rings (SSSR count). The summed E-state index contributed by atoms with van der Waals surface area (Å²) >= 11 is 0. The first-order valence-electron chi connectivity index (χ1n) is 6.49. The van der Waals surface area contributed by atoms with Crippen molar-refractivity contribution in [3.8, 4) is 11.5 Å². The Labute approximate surface area is 131 Å². The molecule has 0 amide bonds. The average Bonchev–Trinajstić information content (AvgIpc) is 3.01. The van der Waals surface area contributed by atoms with Gasteiger partial charge >= 0.3 is 0 Å². The lowest BCUT2D eigenvalue weighted by Crippen LogP contribution is -2.03. The van der Waals surface area contributed by atoms with E-state index in [0.717, 1.165) is 10.9 Å². The molecular weight excluding hydrogens is 302 g/mol. The van der Waals surface area contributed by atoms with E-state index in [1.54, 1.807) is 12.4 Å². The second-order valence-corrected chi connectivity index (χ2v) is 4.71. The van der Waals surface area contributed by atoms with E-state index in [1.807, 2.05) is 53.1 Å². The topological polar surface area (TPSA) is 63.0 Å². The second-order valence-electron chi connectivity index (χ2n) is 4.71. The third-order valence-corrected chi connectivity index (χ3v) is 3.43. The molecule has 0 aliphatic heterocycles. The molecule has 0 aliphatic rings. The van der Waals surface area contributed by atoms with Gasteiger partial charge in [-0.2, -0.15) is 0 Å². The zero-order chi connectivity index (χ0) is 14.2. The fourth-order valence-corrected chi connectivity index (χ4v) is 2.40. The molecule has 4 aromatic rings. The van der Waals surface area contributed by atoms with Crippen LogP contribution < -0.4 is 5.36 Å². The number of rotatable bonds is 1. The van der Waals surface area contributed by atoms with Gasteiger partial charge in [-0.3, -0.25) is 0 Å². The van der Waals surface area contributed by atoms with E-state index >= 15 is 0 Å². The van der Waals surface area contributed by atoms with Crippen LogP contribution in [0.4, 0.5) is 0 Å². The number of benzene rings is 1. The smallest absolute Gasteiger partial charge is 0.155 e. The van der Waals surface area contributed by atoms with Crippen molar-refractivity contribution in [3.05, 3.63) is 66.4 Å². The molecule has 1 aromatic carbocycles. The summed E-state index contributed by atoms with van der Waals surface area (Å²) in [7, 11) is 0. The number of hydrogen-bond acceptors (Lipinski definition) is 4. The van der Waals surface area contributed by atoms with Crippen LogP contribution in [-0.4, -0.2) is 14.6 Å². The van der Waals surface area contributed by atoms with Gasteiger partial charge in [-0.1, -0.05) is 17.3 Å². The van der Waals surface area contributed by atoms with Gasteiger partial charge in [0.1, 0.15) is 16.6 Å². The predicted octanol–water partition coefficient (Wildman–Crippen LogP) is 3.46. The van der Waals surface area contributed by atoms with E-state index in [0.29, 0.717) is 22.4 Å². The van der Waals surface area contributed by atoms with Crippen molar-refractivity contribution in [1.82, 2.24) is 9.38 Å². The van der Waals surface area contributed by atoms with E-state index in [9.17, 15) is 5.21 Å². The highest BCUT2D eigenvalue weighted by Crippen LogP contribution is 2.21. The third kappa shape index (κ3) is 2.21. The molecule has 22 heavy (non-hydrogen) atoms. The Bertz CT molecular complexity index is 1020. The van der Waals surface area contributed by atoms with E-state index in [1.165, 1.54) is 0 Å². The van der Waals surface area contributed by atoms with Gasteiger partial charge in [0, 0.05) is 23.2 Å². The van der Waals surface area contributed by atoms with Crippen molar-refractivity contribution in [3.63, 3.8) is 0 Å². The summed E-state index contributed by atoms with van der Waals surface area (Å²) in [5.74, 6) is 0.560. The first kappa shape index (κ1) is 14.2. The summed E-state index contributed by atoms with van der Waals surface area (Å²) in [6.45, 7) is 0. The van der Waals surface area contributed by atoms with Gasteiger partial charge in [-0.15, -0.1) is 12.4 Å². The number of nitrogens with zero attached hydrogens (tertiary/aromatic N) is 3. The molecule has 0 atom stereocenters. The summed E-state index contributed by atoms with van der Waals surface area (Å²) in [5, 5.41) is 13.8. The van der Waals surface area contributed by atoms with Crippen LogP contribution in [0.5, 0.6) is 0 Å². The lowest BCUT2D eigenvalue weighted by molar-refractivity contribution is 0.302. The molecule has 110 valence electrons. The average molecular weight is 314 g/mol. The molecule has 0 saturated heterocycles.